The molecule has 36 heavy (non-hydrogen) atoms. The van der Waals surface area contributed by atoms with Gasteiger partial charge in [-0.25, -0.2) is 9.37 Å². The van der Waals surface area contributed by atoms with Crippen LogP contribution >= 0.6 is 12.4 Å². The Hall–Kier alpha value is -2.74. The van der Waals surface area contributed by atoms with Crippen LogP contribution < -0.4 is 15.5 Å². The maximum atomic E-state index is 13.2. The van der Waals surface area contributed by atoms with Crippen LogP contribution in [0.25, 0.3) is 11.3 Å². The summed E-state index contributed by atoms with van der Waals surface area (Å²) < 4.78 is 13.2. The highest BCUT2D eigenvalue weighted by molar-refractivity contribution is 5.85. The molecule has 0 aliphatic carbocycles. The third kappa shape index (κ3) is 6.52. The third-order valence-electron chi connectivity index (χ3n) is 6.94. The maximum Gasteiger partial charge on any atom is 0.137 e. The molecule has 192 valence electrons. The van der Waals surface area contributed by atoms with Crippen molar-refractivity contribution in [3.8, 4) is 11.3 Å². The fourth-order valence-electron chi connectivity index (χ4n) is 5.37. The van der Waals surface area contributed by atoms with Gasteiger partial charge in [-0.2, -0.15) is 0 Å². The number of halogens is 2. The molecule has 2 atom stereocenters. The van der Waals surface area contributed by atoms with Gasteiger partial charge in [-0.15, -0.1) is 12.4 Å². The van der Waals surface area contributed by atoms with Crippen molar-refractivity contribution >= 4 is 23.9 Å². The Morgan fingerprint density at radius 1 is 0.972 bits per heavy atom. The number of hydrogen-bond donors (Lipinski definition) is 2. The van der Waals surface area contributed by atoms with E-state index >= 15 is 0 Å². The zero-order valence-electron chi connectivity index (χ0n) is 21.0. The number of aromatic nitrogens is 2. The molecule has 4 heterocycles. The molecule has 0 unspecified atom stereocenters. The van der Waals surface area contributed by atoms with Gasteiger partial charge in [0.2, 0.25) is 0 Å². The van der Waals surface area contributed by atoms with E-state index < -0.39 is 0 Å². The second-order valence-electron chi connectivity index (χ2n) is 10.0. The molecular formula is C28H36ClFN6. The van der Waals surface area contributed by atoms with Crippen molar-refractivity contribution in [2.24, 2.45) is 0 Å². The summed E-state index contributed by atoms with van der Waals surface area (Å²) in [6, 6.07) is 16.4. The lowest BCUT2D eigenvalue weighted by Crippen LogP contribution is -2.53. The van der Waals surface area contributed by atoms with E-state index in [0.717, 1.165) is 68.3 Å². The van der Waals surface area contributed by atoms with Gasteiger partial charge in [0.1, 0.15) is 11.6 Å². The zero-order chi connectivity index (χ0) is 24.2. The highest BCUT2D eigenvalue weighted by Crippen LogP contribution is 2.30. The van der Waals surface area contributed by atoms with Crippen LogP contribution in [0.5, 0.6) is 0 Å². The number of hydrogen-bond acceptors (Lipinski definition) is 6. The molecule has 3 aromatic rings. The number of piperazine rings is 1. The van der Waals surface area contributed by atoms with Crippen molar-refractivity contribution in [1.29, 1.82) is 0 Å². The summed E-state index contributed by atoms with van der Waals surface area (Å²) in [5, 5.41) is 7.13. The lowest BCUT2D eigenvalue weighted by Gasteiger charge is -2.36. The molecule has 0 bridgehead atoms. The van der Waals surface area contributed by atoms with E-state index in [9.17, 15) is 4.39 Å². The van der Waals surface area contributed by atoms with Crippen molar-refractivity contribution in [2.75, 3.05) is 36.4 Å². The van der Waals surface area contributed by atoms with Gasteiger partial charge in [0.15, 0.2) is 0 Å². The molecule has 0 saturated carbocycles. The topological polar surface area (TPSA) is 56.3 Å². The molecule has 2 saturated heterocycles. The minimum absolute atomic E-state index is 0. The fourth-order valence-corrected chi connectivity index (χ4v) is 5.37. The van der Waals surface area contributed by atoms with Gasteiger partial charge in [-0.1, -0.05) is 6.07 Å². The summed E-state index contributed by atoms with van der Waals surface area (Å²) >= 11 is 0. The fraction of sp³-hybridized carbons (Fsp3) is 0.429. The maximum absolute atomic E-state index is 13.2. The van der Waals surface area contributed by atoms with Crippen LogP contribution in [0.15, 0.2) is 60.9 Å². The molecule has 2 N–H and O–H groups in total. The van der Waals surface area contributed by atoms with Crippen molar-refractivity contribution < 1.29 is 4.39 Å². The van der Waals surface area contributed by atoms with Crippen LogP contribution in [0.4, 0.5) is 15.9 Å². The van der Waals surface area contributed by atoms with Crippen LogP contribution in [0, 0.1) is 5.82 Å². The Morgan fingerprint density at radius 3 is 2.36 bits per heavy atom. The normalized spacial score (nSPS) is 21.1. The first-order chi connectivity index (χ1) is 17.0. The minimum Gasteiger partial charge on any atom is -0.382 e. The predicted molar refractivity (Wildman–Crippen MR) is 147 cm³/mol. The van der Waals surface area contributed by atoms with Crippen LogP contribution in [0.1, 0.15) is 32.3 Å². The quantitative estimate of drug-likeness (QED) is 0.488. The van der Waals surface area contributed by atoms with Crippen molar-refractivity contribution in [3.63, 3.8) is 0 Å². The van der Waals surface area contributed by atoms with E-state index in [2.05, 4.69) is 52.5 Å². The van der Waals surface area contributed by atoms with E-state index in [1.807, 2.05) is 18.5 Å². The molecule has 0 amide bonds. The molecule has 0 radical (unpaired) electrons. The largest absolute Gasteiger partial charge is 0.382 e. The smallest absolute Gasteiger partial charge is 0.137 e. The number of anilines is 2. The van der Waals surface area contributed by atoms with E-state index in [-0.39, 0.29) is 18.2 Å². The molecule has 8 heteroatoms. The summed E-state index contributed by atoms with van der Waals surface area (Å²) in [6.45, 7) is 9.37. The van der Waals surface area contributed by atoms with Gasteiger partial charge in [-0.05, 0) is 74.7 Å². The van der Waals surface area contributed by atoms with Crippen LogP contribution in [-0.4, -0.2) is 59.2 Å². The van der Waals surface area contributed by atoms with Crippen molar-refractivity contribution in [1.82, 2.24) is 20.2 Å². The third-order valence-corrected chi connectivity index (χ3v) is 6.94. The summed E-state index contributed by atoms with van der Waals surface area (Å²) in [4.78, 5) is 14.4. The second-order valence-corrected chi connectivity index (χ2v) is 10.0. The lowest BCUT2D eigenvalue weighted by molar-refractivity contribution is 0.166. The molecule has 5 rings (SSSR count). The van der Waals surface area contributed by atoms with Gasteiger partial charge in [0.05, 0.1) is 5.69 Å². The number of nitrogens with zero attached hydrogens (tertiary/aromatic N) is 4. The zero-order valence-corrected chi connectivity index (χ0v) is 21.8. The standard InChI is InChI=1S/C28H35FN6.ClH/c1-20-17-34(18-21(2)32-20)19-22-5-10-27(31-16-22)26-4-3-13-30-28(26)35-14-11-25(12-15-35)33-24-8-6-23(29)7-9-24;/h3-10,13,16,20-21,25,32-33H,11-12,14-15,17-19H2,1-2H3;1H/t20-,21+;. The molecule has 6 nitrogen and oxygen atoms in total. The average molecular weight is 511 g/mol. The van der Waals surface area contributed by atoms with Crippen LogP contribution in [0.2, 0.25) is 0 Å². The van der Waals surface area contributed by atoms with Gasteiger partial charge in [0, 0.05) is 74.5 Å². The van der Waals surface area contributed by atoms with Crippen LogP contribution in [-0.2, 0) is 6.54 Å². The Kier molecular flexibility index (Phi) is 8.77. The van der Waals surface area contributed by atoms with Crippen molar-refractivity contribution in [3.05, 3.63) is 72.3 Å². The Morgan fingerprint density at radius 2 is 1.69 bits per heavy atom. The number of nitrogens with one attached hydrogen (secondary N) is 2. The number of pyridine rings is 2. The number of piperidine rings is 1. The van der Waals surface area contributed by atoms with Gasteiger partial charge >= 0.3 is 0 Å². The predicted octanol–water partition coefficient (Wildman–Crippen LogP) is 4.97. The monoisotopic (exact) mass is 510 g/mol. The second kappa shape index (κ2) is 12.0. The van der Waals surface area contributed by atoms with Gasteiger partial charge in [0.25, 0.3) is 0 Å². The van der Waals surface area contributed by atoms with Crippen LogP contribution in [0.3, 0.4) is 0 Å². The molecule has 2 aliphatic rings. The van der Waals surface area contributed by atoms with E-state index in [1.54, 1.807) is 12.1 Å². The first-order valence-electron chi connectivity index (χ1n) is 12.7. The molecule has 0 spiro atoms. The first kappa shape index (κ1) is 26.3. The molecule has 2 aromatic heterocycles. The Labute approximate surface area is 219 Å². The average Bonchev–Trinajstić information content (AvgIpc) is 2.86. The lowest BCUT2D eigenvalue weighted by atomic mass is 10.0. The van der Waals surface area contributed by atoms with Gasteiger partial charge < -0.3 is 15.5 Å². The van der Waals surface area contributed by atoms with E-state index in [0.29, 0.717) is 18.1 Å². The van der Waals surface area contributed by atoms with E-state index in [4.69, 9.17) is 9.97 Å². The summed E-state index contributed by atoms with van der Waals surface area (Å²) in [5.74, 6) is 0.792. The Balaban J connectivity index is 0.00000304. The minimum atomic E-state index is -0.206. The SMILES string of the molecule is C[C@@H]1CN(Cc2ccc(-c3cccnc3N3CCC(Nc4ccc(F)cc4)CC3)nc2)C[C@H](C)N1.Cl. The molecule has 1 aromatic carbocycles. The summed E-state index contributed by atoms with van der Waals surface area (Å²) in [7, 11) is 0. The molecule has 2 aliphatic heterocycles. The highest BCUT2D eigenvalue weighted by atomic mass is 35.5. The van der Waals surface area contributed by atoms with Crippen molar-refractivity contribution in [2.45, 2.75) is 51.4 Å². The highest BCUT2D eigenvalue weighted by Gasteiger charge is 2.23. The van der Waals surface area contributed by atoms with Gasteiger partial charge in [-0.3, -0.25) is 9.88 Å². The van der Waals surface area contributed by atoms with E-state index in [1.165, 1.54) is 17.7 Å². The number of benzene rings is 1. The first-order valence-corrected chi connectivity index (χ1v) is 12.7. The Bertz CT molecular complexity index is 1090. The molecule has 2 fully saturated rings. The number of rotatable bonds is 6. The molecular weight excluding hydrogens is 475 g/mol. The summed E-state index contributed by atoms with van der Waals surface area (Å²) in [6.07, 6.45) is 5.88. The summed E-state index contributed by atoms with van der Waals surface area (Å²) in [5.41, 5.74) is 4.25.